The van der Waals surface area contributed by atoms with Gasteiger partial charge in [0.15, 0.2) is 0 Å². The van der Waals surface area contributed by atoms with Gasteiger partial charge < -0.3 is 10.4 Å². The molecular formula is C15H21Cl2F3N2O. The molecule has 0 radical (unpaired) electrons. The standard InChI is InChI=1S/C15H20ClF3N2O.ClH/c16-13-10-11(3-4-12(13)15(17,18)19)14(2-1-9-22)21-7-5-20-6-8-21;/h3-4,10,14,20,22H,1-2,5-9H2;1H/t14-;/m0./s1. The second-order valence-corrected chi connectivity index (χ2v) is 5.81. The molecule has 3 nitrogen and oxygen atoms in total. The summed E-state index contributed by atoms with van der Waals surface area (Å²) in [5.74, 6) is 0. The van der Waals surface area contributed by atoms with Crippen molar-refractivity contribution in [1.29, 1.82) is 0 Å². The van der Waals surface area contributed by atoms with Crippen molar-refractivity contribution in [3.8, 4) is 0 Å². The summed E-state index contributed by atoms with van der Waals surface area (Å²) in [5.41, 5.74) is -0.0347. The lowest BCUT2D eigenvalue weighted by Gasteiger charge is -2.35. The molecule has 2 N–H and O–H groups in total. The zero-order valence-corrected chi connectivity index (χ0v) is 14.1. The first-order valence-corrected chi connectivity index (χ1v) is 7.73. The number of piperazine rings is 1. The normalized spacial score (nSPS) is 17.6. The Bertz CT molecular complexity index is 494. The Labute approximate surface area is 145 Å². The lowest BCUT2D eigenvalue weighted by Crippen LogP contribution is -2.45. The number of halogens is 5. The maximum Gasteiger partial charge on any atom is 0.417 e. The van der Waals surface area contributed by atoms with Crippen LogP contribution in [0.5, 0.6) is 0 Å². The van der Waals surface area contributed by atoms with Gasteiger partial charge in [-0.1, -0.05) is 17.7 Å². The molecule has 1 saturated heterocycles. The summed E-state index contributed by atoms with van der Waals surface area (Å²) >= 11 is 5.83. The molecular weight excluding hydrogens is 352 g/mol. The molecule has 0 saturated carbocycles. The molecule has 0 spiro atoms. The highest BCUT2D eigenvalue weighted by Crippen LogP contribution is 2.37. The second kappa shape index (κ2) is 9.08. The summed E-state index contributed by atoms with van der Waals surface area (Å²) in [7, 11) is 0. The van der Waals surface area contributed by atoms with Gasteiger partial charge in [0.2, 0.25) is 0 Å². The predicted octanol–water partition coefficient (Wildman–Crippen LogP) is 3.50. The molecule has 8 heteroatoms. The number of benzene rings is 1. The molecule has 0 unspecified atom stereocenters. The molecule has 0 bridgehead atoms. The van der Waals surface area contributed by atoms with Crippen molar-refractivity contribution >= 4 is 24.0 Å². The Kier molecular flexibility index (Phi) is 8.10. The van der Waals surface area contributed by atoms with Crippen molar-refractivity contribution in [3.05, 3.63) is 34.3 Å². The smallest absolute Gasteiger partial charge is 0.396 e. The summed E-state index contributed by atoms with van der Waals surface area (Å²) in [4.78, 5) is 2.23. The van der Waals surface area contributed by atoms with E-state index in [0.29, 0.717) is 12.8 Å². The van der Waals surface area contributed by atoms with Crippen LogP contribution in [0.25, 0.3) is 0 Å². The minimum Gasteiger partial charge on any atom is -0.396 e. The van der Waals surface area contributed by atoms with Crippen LogP contribution in [-0.4, -0.2) is 42.8 Å². The van der Waals surface area contributed by atoms with Crippen LogP contribution in [0.3, 0.4) is 0 Å². The van der Waals surface area contributed by atoms with Crippen LogP contribution >= 0.6 is 24.0 Å². The first-order valence-electron chi connectivity index (χ1n) is 7.35. The average Bonchev–Trinajstić information content (AvgIpc) is 2.47. The van der Waals surface area contributed by atoms with Gasteiger partial charge in [-0.3, -0.25) is 4.90 Å². The summed E-state index contributed by atoms with van der Waals surface area (Å²) in [6.45, 7) is 3.43. The number of hydrogen-bond acceptors (Lipinski definition) is 3. The lowest BCUT2D eigenvalue weighted by molar-refractivity contribution is -0.137. The van der Waals surface area contributed by atoms with Crippen molar-refractivity contribution in [2.75, 3.05) is 32.8 Å². The van der Waals surface area contributed by atoms with Gasteiger partial charge in [0.05, 0.1) is 10.6 Å². The van der Waals surface area contributed by atoms with E-state index in [1.54, 1.807) is 0 Å². The number of hydrogen-bond donors (Lipinski definition) is 2. The highest BCUT2D eigenvalue weighted by atomic mass is 35.5. The van der Waals surface area contributed by atoms with Crippen LogP contribution in [-0.2, 0) is 6.18 Å². The molecule has 1 aromatic carbocycles. The SMILES string of the molecule is Cl.OCCC[C@@H](c1ccc(C(F)(F)F)c(Cl)c1)N1CCNCC1. The third kappa shape index (κ3) is 5.50. The molecule has 1 aromatic rings. The molecule has 1 aliphatic heterocycles. The van der Waals surface area contributed by atoms with Gasteiger partial charge in [0.25, 0.3) is 0 Å². The molecule has 23 heavy (non-hydrogen) atoms. The molecule has 1 heterocycles. The molecule has 0 aromatic heterocycles. The quantitative estimate of drug-likeness (QED) is 0.830. The number of aliphatic hydroxyl groups is 1. The van der Waals surface area contributed by atoms with Crippen LogP contribution in [0, 0.1) is 0 Å². The van der Waals surface area contributed by atoms with E-state index in [1.165, 1.54) is 12.1 Å². The van der Waals surface area contributed by atoms with Gasteiger partial charge in [-0.2, -0.15) is 13.2 Å². The maximum atomic E-state index is 12.8. The fourth-order valence-electron chi connectivity index (χ4n) is 2.81. The van der Waals surface area contributed by atoms with Crippen LogP contribution in [0.15, 0.2) is 18.2 Å². The Morgan fingerprint density at radius 1 is 1.26 bits per heavy atom. The topological polar surface area (TPSA) is 35.5 Å². The van der Waals surface area contributed by atoms with E-state index in [-0.39, 0.29) is 30.1 Å². The Hall–Kier alpha value is -0.530. The van der Waals surface area contributed by atoms with E-state index in [4.69, 9.17) is 16.7 Å². The van der Waals surface area contributed by atoms with E-state index in [0.717, 1.165) is 37.8 Å². The van der Waals surface area contributed by atoms with Crippen molar-refractivity contribution in [2.45, 2.75) is 25.1 Å². The number of aliphatic hydroxyl groups excluding tert-OH is 1. The molecule has 1 fully saturated rings. The van der Waals surface area contributed by atoms with E-state index >= 15 is 0 Å². The van der Waals surface area contributed by atoms with Crippen molar-refractivity contribution in [1.82, 2.24) is 10.2 Å². The first kappa shape index (κ1) is 20.5. The van der Waals surface area contributed by atoms with Crippen molar-refractivity contribution in [3.63, 3.8) is 0 Å². The van der Waals surface area contributed by atoms with Crippen molar-refractivity contribution in [2.24, 2.45) is 0 Å². The van der Waals surface area contributed by atoms with Crippen LogP contribution in [0.4, 0.5) is 13.2 Å². The lowest BCUT2D eigenvalue weighted by atomic mass is 9.98. The Morgan fingerprint density at radius 2 is 1.91 bits per heavy atom. The second-order valence-electron chi connectivity index (χ2n) is 5.40. The van der Waals surface area contributed by atoms with E-state index in [2.05, 4.69) is 10.2 Å². The Balaban J connectivity index is 0.00000264. The van der Waals surface area contributed by atoms with Gasteiger partial charge in [-0.05, 0) is 30.5 Å². The summed E-state index contributed by atoms with van der Waals surface area (Å²) in [5, 5.41) is 12.0. The van der Waals surface area contributed by atoms with E-state index in [9.17, 15) is 13.2 Å². The minimum atomic E-state index is -4.44. The number of rotatable bonds is 5. The third-order valence-corrected chi connectivity index (χ3v) is 4.22. The fraction of sp³-hybridized carbons (Fsp3) is 0.600. The molecule has 132 valence electrons. The molecule has 0 amide bonds. The molecule has 2 rings (SSSR count). The van der Waals surface area contributed by atoms with Gasteiger partial charge >= 0.3 is 6.18 Å². The highest BCUT2D eigenvalue weighted by molar-refractivity contribution is 6.31. The van der Waals surface area contributed by atoms with Gasteiger partial charge in [0.1, 0.15) is 0 Å². The first-order chi connectivity index (χ1) is 10.4. The number of alkyl halides is 3. The largest absolute Gasteiger partial charge is 0.417 e. The maximum absolute atomic E-state index is 12.8. The van der Waals surface area contributed by atoms with Gasteiger partial charge in [0, 0.05) is 38.8 Å². The van der Waals surface area contributed by atoms with Crippen LogP contribution < -0.4 is 5.32 Å². The van der Waals surface area contributed by atoms with Crippen LogP contribution in [0.2, 0.25) is 5.02 Å². The molecule has 0 aliphatic carbocycles. The summed E-state index contributed by atoms with van der Waals surface area (Å²) in [6, 6.07) is 3.94. The molecule has 1 atom stereocenters. The summed E-state index contributed by atoms with van der Waals surface area (Å²) < 4.78 is 38.4. The monoisotopic (exact) mass is 372 g/mol. The van der Waals surface area contributed by atoms with Gasteiger partial charge in [-0.25, -0.2) is 0 Å². The Morgan fingerprint density at radius 3 is 2.43 bits per heavy atom. The average molecular weight is 373 g/mol. The number of nitrogens with one attached hydrogen (secondary N) is 1. The fourth-order valence-corrected chi connectivity index (χ4v) is 3.10. The molecule has 1 aliphatic rings. The zero-order chi connectivity index (χ0) is 16.2. The van der Waals surface area contributed by atoms with Crippen LogP contribution in [0.1, 0.15) is 30.0 Å². The zero-order valence-electron chi connectivity index (χ0n) is 12.6. The number of nitrogens with zero attached hydrogens (tertiary/aromatic N) is 1. The van der Waals surface area contributed by atoms with E-state index in [1.807, 2.05) is 0 Å². The van der Waals surface area contributed by atoms with Gasteiger partial charge in [-0.15, -0.1) is 12.4 Å². The predicted molar refractivity (Wildman–Crippen MR) is 87.2 cm³/mol. The van der Waals surface area contributed by atoms with E-state index < -0.39 is 11.7 Å². The highest BCUT2D eigenvalue weighted by Gasteiger charge is 2.33. The summed E-state index contributed by atoms with van der Waals surface area (Å²) in [6.07, 6.45) is -3.14. The van der Waals surface area contributed by atoms with Crippen molar-refractivity contribution < 1.29 is 18.3 Å². The minimum absolute atomic E-state index is 0. The third-order valence-electron chi connectivity index (χ3n) is 3.91.